The van der Waals surface area contributed by atoms with E-state index in [2.05, 4.69) is 29.0 Å². The number of carbonyl (C=O) groups is 2. The third-order valence-corrected chi connectivity index (χ3v) is 5.22. The zero-order chi connectivity index (χ0) is 23.1. The van der Waals surface area contributed by atoms with Crippen molar-refractivity contribution in [1.82, 2.24) is 14.3 Å². The zero-order valence-electron chi connectivity index (χ0n) is 19.1. The summed E-state index contributed by atoms with van der Waals surface area (Å²) in [5, 5.41) is 2.87. The molecule has 0 saturated carbocycles. The lowest BCUT2D eigenvalue weighted by molar-refractivity contribution is 0.0466. The van der Waals surface area contributed by atoms with Gasteiger partial charge in [0.1, 0.15) is 12.3 Å². The summed E-state index contributed by atoms with van der Waals surface area (Å²) in [6.07, 6.45) is 1.78. The molecule has 8 heteroatoms. The smallest absolute Gasteiger partial charge is 0.338 e. The summed E-state index contributed by atoms with van der Waals surface area (Å²) in [6.45, 7) is 11.2. The fraction of sp³-hybridized carbons (Fsp3) is 0.375. The molecule has 3 aromatic rings. The molecule has 0 fully saturated rings. The van der Waals surface area contributed by atoms with Gasteiger partial charge in [0.15, 0.2) is 11.4 Å². The number of anilines is 1. The Hall–Kier alpha value is -3.39. The number of amides is 1. The van der Waals surface area contributed by atoms with Crippen molar-refractivity contribution in [3.05, 3.63) is 59.5 Å². The van der Waals surface area contributed by atoms with Gasteiger partial charge >= 0.3 is 5.97 Å². The van der Waals surface area contributed by atoms with Gasteiger partial charge in [-0.15, -0.1) is 0 Å². The van der Waals surface area contributed by atoms with Crippen molar-refractivity contribution in [3.8, 4) is 5.75 Å². The molecule has 1 aromatic carbocycles. The molecule has 2 heterocycles. The molecule has 0 radical (unpaired) electrons. The number of nitrogens with zero attached hydrogens (tertiary/aromatic N) is 3. The molecule has 0 bridgehead atoms. The fourth-order valence-corrected chi connectivity index (χ4v) is 3.47. The number of fused-ring (bicyclic) bond motifs is 1. The van der Waals surface area contributed by atoms with Crippen LogP contribution in [0.5, 0.6) is 5.75 Å². The van der Waals surface area contributed by atoms with Gasteiger partial charge in [-0.2, -0.15) is 0 Å². The largest absolute Gasteiger partial charge is 0.490 e. The summed E-state index contributed by atoms with van der Waals surface area (Å²) >= 11 is 0. The number of ether oxygens (including phenoxy) is 2. The SMILES string of the molecule is CCOc1cccn2c(C(=O)Nc3ccc(C(=O)OCCN(CC)CC)cc3)c(C)nc12. The molecule has 8 nitrogen and oxygen atoms in total. The highest BCUT2D eigenvalue weighted by Crippen LogP contribution is 2.23. The van der Waals surface area contributed by atoms with E-state index in [1.165, 1.54) is 0 Å². The monoisotopic (exact) mass is 438 g/mol. The molecule has 0 aliphatic rings. The van der Waals surface area contributed by atoms with Crippen LogP contribution in [0.1, 0.15) is 47.3 Å². The Labute approximate surface area is 188 Å². The van der Waals surface area contributed by atoms with E-state index in [9.17, 15) is 9.59 Å². The molecule has 3 rings (SSSR count). The molecule has 170 valence electrons. The lowest BCUT2D eigenvalue weighted by Crippen LogP contribution is -2.27. The second kappa shape index (κ2) is 10.8. The topological polar surface area (TPSA) is 85.2 Å². The first-order chi connectivity index (χ1) is 15.5. The number of aromatic nitrogens is 2. The Morgan fingerprint density at radius 3 is 2.47 bits per heavy atom. The van der Waals surface area contributed by atoms with Crippen molar-refractivity contribution in [3.63, 3.8) is 0 Å². The Balaban J connectivity index is 1.67. The standard InChI is InChI=1S/C24H30N4O4/c1-5-27(6-2)15-16-32-24(30)18-10-12-19(13-11-18)26-23(29)21-17(4)25-22-20(31-7-3)9-8-14-28(21)22/h8-14H,5-7,15-16H2,1-4H3,(H,26,29). The fourth-order valence-electron chi connectivity index (χ4n) is 3.47. The molecule has 2 aromatic heterocycles. The maximum Gasteiger partial charge on any atom is 0.338 e. The number of imidazole rings is 1. The second-order valence-corrected chi connectivity index (χ2v) is 7.24. The number of esters is 1. The van der Waals surface area contributed by atoms with Crippen LogP contribution >= 0.6 is 0 Å². The number of aryl methyl sites for hydroxylation is 1. The summed E-state index contributed by atoms with van der Waals surface area (Å²) in [4.78, 5) is 31.9. The van der Waals surface area contributed by atoms with Crippen LogP contribution in [0, 0.1) is 6.92 Å². The first-order valence-corrected chi connectivity index (χ1v) is 10.9. The van der Waals surface area contributed by atoms with Gasteiger partial charge in [0.05, 0.1) is 17.9 Å². The minimum Gasteiger partial charge on any atom is -0.490 e. The molecule has 0 atom stereocenters. The van der Waals surface area contributed by atoms with Crippen molar-refractivity contribution >= 4 is 23.2 Å². The first-order valence-electron chi connectivity index (χ1n) is 10.9. The molecule has 0 spiro atoms. The van der Waals surface area contributed by atoms with Crippen LogP contribution in [0.25, 0.3) is 5.65 Å². The maximum atomic E-state index is 13.0. The van der Waals surface area contributed by atoms with Crippen LogP contribution in [0.15, 0.2) is 42.6 Å². The molecule has 0 aliphatic carbocycles. The summed E-state index contributed by atoms with van der Waals surface area (Å²) in [7, 11) is 0. The average Bonchev–Trinajstić information content (AvgIpc) is 3.14. The third-order valence-electron chi connectivity index (χ3n) is 5.22. The summed E-state index contributed by atoms with van der Waals surface area (Å²) in [6, 6.07) is 10.3. The average molecular weight is 439 g/mol. The van der Waals surface area contributed by atoms with Gasteiger partial charge in [-0.05, 0) is 63.3 Å². The Bertz CT molecular complexity index is 1070. The number of rotatable bonds is 10. The van der Waals surface area contributed by atoms with Gasteiger partial charge in [0.25, 0.3) is 5.91 Å². The number of pyridine rings is 1. The van der Waals surface area contributed by atoms with Crippen molar-refractivity contribution in [1.29, 1.82) is 0 Å². The molecule has 1 N–H and O–H groups in total. The third kappa shape index (κ3) is 5.26. The Morgan fingerprint density at radius 1 is 1.09 bits per heavy atom. The number of nitrogens with one attached hydrogen (secondary N) is 1. The minimum atomic E-state index is -0.379. The summed E-state index contributed by atoms with van der Waals surface area (Å²) < 4.78 is 12.7. The van der Waals surface area contributed by atoms with E-state index in [-0.39, 0.29) is 11.9 Å². The Morgan fingerprint density at radius 2 is 1.81 bits per heavy atom. The van der Waals surface area contributed by atoms with E-state index in [4.69, 9.17) is 9.47 Å². The van der Waals surface area contributed by atoms with Gasteiger partial charge in [0, 0.05) is 18.4 Å². The van der Waals surface area contributed by atoms with Crippen LogP contribution in [-0.2, 0) is 4.74 Å². The van der Waals surface area contributed by atoms with Crippen LogP contribution < -0.4 is 10.1 Å². The number of carbonyl (C=O) groups excluding carboxylic acids is 2. The quantitative estimate of drug-likeness (QED) is 0.485. The van der Waals surface area contributed by atoms with Crippen molar-refractivity contribution in [2.24, 2.45) is 0 Å². The summed E-state index contributed by atoms with van der Waals surface area (Å²) in [5.74, 6) is -0.0460. The highest BCUT2D eigenvalue weighted by Gasteiger charge is 2.19. The van der Waals surface area contributed by atoms with E-state index >= 15 is 0 Å². The first kappa shape index (κ1) is 23.3. The number of benzene rings is 1. The predicted octanol–water partition coefficient (Wildman–Crippen LogP) is 3.79. The van der Waals surface area contributed by atoms with E-state index < -0.39 is 0 Å². The number of hydrogen-bond donors (Lipinski definition) is 1. The Kier molecular flexibility index (Phi) is 7.83. The van der Waals surface area contributed by atoms with E-state index in [0.29, 0.717) is 53.8 Å². The molecular formula is C24H30N4O4. The van der Waals surface area contributed by atoms with Crippen LogP contribution in [-0.4, -0.2) is 59.0 Å². The zero-order valence-corrected chi connectivity index (χ0v) is 19.1. The molecule has 1 amide bonds. The maximum absolute atomic E-state index is 13.0. The molecular weight excluding hydrogens is 408 g/mol. The highest BCUT2D eigenvalue weighted by atomic mass is 16.5. The minimum absolute atomic E-state index is 0.293. The number of hydrogen-bond acceptors (Lipinski definition) is 6. The van der Waals surface area contributed by atoms with Crippen LogP contribution in [0.2, 0.25) is 0 Å². The van der Waals surface area contributed by atoms with Crippen molar-refractivity contribution in [2.45, 2.75) is 27.7 Å². The van der Waals surface area contributed by atoms with Gasteiger partial charge in [-0.25, -0.2) is 9.78 Å². The van der Waals surface area contributed by atoms with E-state index in [0.717, 1.165) is 13.1 Å². The highest BCUT2D eigenvalue weighted by molar-refractivity contribution is 6.04. The van der Waals surface area contributed by atoms with E-state index in [1.54, 1.807) is 41.8 Å². The van der Waals surface area contributed by atoms with Crippen LogP contribution in [0.4, 0.5) is 5.69 Å². The van der Waals surface area contributed by atoms with Gasteiger partial charge in [-0.1, -0.05) is 13.8 Å². The predicted molar refractivity (Wildman–Crippen MR) is 124 cm³/mol. The molecule has 0 saturated heterocycles. The normalized spacial score (nSPS) is 11.0. The molecule has 0 aliphatic heterocycles. The van der Waals surface area contributed by atoms with Gasteiger partial charge in [-0.3, -0.25) is 9.20 Å². The van der Waals surface area contributed by atoms with E-state index in [1.807, 2.05) is 19.1 Å². The number of likely N-dealkylation sites (N-methyl/N-ethyl adjacent to an activating group) is 1. The van der Waals surface area contributed by atoms with Gasteiger partial charge in [0.2, 0.25) is 0 Å². The summed E-state index contributed by atoms with van der Waals surface area (Å²) in [5.41, 5.74) is 2.64. The van der Waals surface area contributed by atoms with Crippen molar-refractivity contribution < 1.29 is 19.1 Å². The van der Waals surface area contributed by atoms with Crippen molar-refractivity contribution in [2.75, 3.05) is 38.2 Å². The second-order valence-electron chi connectivity index (χ2n) is 7.24. The molecule has 0 unspecified atom stereocenters. The molecule has 32 heavy (non-hydrogen) atoms. The van der Waals surface area contributed by atoms with Crippen LogP contribution in [0.3, 0.4) is 0 Å². The van der Waals surface area contributed by atoms with Gasteiger partial charge < -0.3 is 19.7 Å². The lowest BCUT2D eigenvalue weighted by Gasteiger charge is -2.17. The lowest BCUT2D eigenvalue weighted by atomic mass is 10.2.